The van der Waals surface area contributed by atoms with Gasteiger partial charge in [0.05, 0.1) is 10.5 Å². The summed E-state index contributed by atoms with van der Waals surface area (Å²) in [4.78, 5) is 23.4. The number of benzene rings is 3. The van der Waals surface area contributed by atoms with Crippen LogP contribution in [-0.4, -0.2) is 10.8 Å². The van der Waals surface area contributed by atoms with E-state index in [0.29, 0.717) is 11.5 Å². The minimum atomic E-state index is -0.519. The van der Waals surface area contributed by atoms with Crippen molar-refractivity contribution in [3.05, 3.63) is 94.0 Å². The molecule has 0 fully saturated rings. The fourth-order valence-corrected chi connectivity index (χ4v) is 2.45. The van der Waals surface area contributed by atoms with Crippen LogP contribution in [0.15, 0.2) is 72.8 Å². The maximum absolute atomic E-state index is 12.7. The minimum Gasteiger partial charge on any atom is -0.457 e. The van der Waals surface area contributed by atoms with Gasteiger partial charge in [-0.2, -0.15) is 0 Å². The molecule has 3 aromatic rings. The molecule has 6 heteroatoms. The van der Waals surface area contributed by atoms with Crippen LogP contribution < -0.4 is 10.1 Å². The number of nitro benzene ring substituents is 1. The van der Waals surface area contributed by atoms with E-state index >= 15 is 0 Å². The molecule has 0 bridgehead atoms. The van der Waals surface area contributed by atoms with E-state index in [2.05, 4.69) is 5.32 Å². The second-order valence-corrected chi connectivity index (χ2v) is 5.64. The molecule has 3 aromatic carbocycles. The van der Waals surface area contributed by atoms with E-state index < -0.39 is 10.8 Å². The highest BCUT2D eigenvalue weighted by atomic mass is 16.6. The van der Waals surface area contributed by atoms with Crippen molar-refractivity contribution in [2.75, 3.05) is 5.32 Å². The van der Waals surface area contributed by atoms with Crippen LogP contribution in [0.4, 0.5) is 11.4 Å². The molecule has 0 aliphatic rings. The van der Waals surface area contributed by atoms with Crippen LogP contribution in [0.2, 0.25) is 0 Å². The standard InChI is InChI=1S/C20H16N2O4/c1-14-11-12-17(18(13-14)22(24)25)21-20(23)16-9-5-6-10-19(16)26-15-7-3-2-4-8-15/h2-13H,1H3,(H,21,23). The smallest absolute Gasteiger partial charge is 0.293 e. The number of amides is 1. The molecule has 0 unspecified atom stereocenters. The molecule has 130 valence electrons. The van der Waals surface area contributed by atoms with Gasteiger partial charge in [0.2, 0.25) is 0 Å². The van der Waals surface area contributed by atoms with E-state index in [4.69, 9.17) is 4.74 Å². The van der Waals surface area contributed by atoms with Crippen LogP contribution in [0.3, 0.4) is 0 Å². The molecule has 6 nitrogen and oxygen atoms in total. The summed E-state index contributed by atoms with van der Waals surface area (Å²) in [5.41, 5.74) is 1.01. The van der Waals surface area contributed by atoms with E-state index in [1.54, 1.807) is 49.4 Å². The zero-order valence-electron chi connectivity index (χ0n) is 14.0. The Morgan fingerprint density at radius 1 is 1.00 bits per heavy atom. The Morgan fingerprint density at radius 2 is 1.69 bits per heavy atom. The summed E-state index contributed by atoms with van der Waals surface area (Å²) in [7, 11) is 0. The number of aryl methyl sites for hydroxylation is 1. The fraction of sp³-hybridized carbons (Fsp3) is 0.0500. The largest absolute Gasteiger partial charge is 0.457 e. The molecular weight excluding hydrogens is 332 g/mol. The van der Waals surface area contributed by atoms with E-state index in [1.165, 1.54) is 12.1 Å². The van der Waals surface area contributed by atoms with Crippen LogP contribution >= 0.6 is 0 Å². The summed E-state index contributed by atoms with van der Waals surface area (Å²) >= 11 is 0. The lowest BCUT2D eigenvalue weighted by Crippen LogP contribution is -2.14. The average molecular weight is 348 g/mol. The van der Waals surface area contributed by atoms with Crippen molar-refractivity contribution in [2.45, 2.75) is 6.92 Å². The number of nitrogens with zero attached hydrogens (tertiary/aromatic N) is 1. The number of para-hydroxylation sites is 2. The molecule has 0 aliphatic heterocycles. The highest BCUT2D eigenvalue weighted by Gasteiger charge is 2.19. The van der Waals surface area contributed by atoms with Crippen LogP contribution in [-0.2, 0) is 0 Å². The maximum Gasteiger partial charge on any atom is 0.293 e. The van der Waals surface area contributed by atoms with Crippen molar-refractivity contribution in [1.29, 1.82) is 0 Å². The van der Waals surface area contributed by atoms with Gasteiger partial charge in [-0.25, -0.2) is 0 Å². The lowest BCUT2D eigenvalue weighted by molar-refractivity contribution is -0.384. The molecule has 0 atom stereocenters. The summed E-state index contributed by atoms with van der Waals surface area (Å²) in [6.07, 6.45) is 0. The first-order valence-electron chi connectivity index (χ1n) is 7.93. The van der Waals surface area contributed by atoms with Gasteiger partial charge in [0.15, 0.2) is 0 Å². The summed E-state index contributed by atoms with van der Waals surface area (Å²) in [6, 6.07) is 20.4. The fourth-order valence-electron chi connectivity index (χ4n) is 2.45. The molecule has 0 radical (unpaired) electrons. The topological polar surface area (TPSA) is 81.5 Å². The van der Waals surface area contributed by atoms with Gasteiger partial charge < -0.3 is 10.1 Å². The van der Waals surface area contributed by atoms with Gasteiger partial charge in [0.25, 0.3) is 11.6 Å². The second-order valence-electron chi connectivity index (χ2n) is 5.64. The highest BCUT2D eigenvalue weighted by Crippen LogP contribution is 2.29. The van der Waals surface area contributed by atoms with Gasteiger partial charge in [0.1, 0.15) is 17.2 Å². The predicted octanol–water partition coefficient (Wildman–Crippen LogP) is 4.95. The van der Waals surface area contributed by atoms with Crippen molar-refractivity contribution in [1.82, 2.24) is 0 Å². The molecule has 1 amide bonds. The van der Waals surface area contributed by atoms with E-state index in [9.17, 15) is 14.9 Å². The van der Waals surface area contributed by atoms with Gasteiger partial charge in [-0.1, -0.05) is 36.4 Å². The molecule has 26 heavy (non-hydrogen) atoms. The lowest BCUT2D eigenvalue weighted by Gasteiger charge is -2.12. The predicted molar refractivity (Wildman–Crippen MR) is 98.7 cm³/mol. The normalized spacial score (nSPS) is 10.2. The first-order valence-corrected chi connectivity index (χ1v) is 7.93. The zero-order chi connectivity index (χ0) is 18.5. The third-order valence-electron chi connectivity index (χ3n) is 3.70. The Morgan fingerprint density at radius 3 is 2.42 bits per heavy atom. The molecule has 0 aliphatic carbocycles. The lowest BCUT2D eigenvalue weighted by atomic mass is 10.1. The molecule has 0 saturated carbocycles. The van der Waals surface area contributed by atoms with Gasteiger partial charge in [0, 0.05) is 6.07 Å². The van der Waals surface area contributed by atoms with Crippen molar-refractivity contribution in [2.24, 2.45) is 0 Å². The Hall–Kier alpha value is -3.67. The summed E-state index contributed by atoms with van der Waals surface area (Å²) in [6.45, 7) is 1.75. The first kappa shape index (κ1) is 17.2. The number of carbonyl (C=O) groups excluding carboxylic acids is 1. The molecule has 1 N–H and O–H groups in total. The highest BCUT2D eigenvalue weighted by molar-refractivity contribution is 6.07. The number of carbonyl (C=O) groups is 1. The summed E-state index contributed by atoms with van der Waals surface area (Å²) in [5.74, 6) is 0.475. The molecule has 0 saturated heterocycles. The summed E-state index contributed by atoms with van der Waals surface area (Å²) < 4.78 is 5.77. The monoisotopic (exact) mass is 348 g/mol. The van der Waals surface area contributed by atoms with Crippen LogP contribution in [0.5, 0.6) is 11.5 Å². The Kier molecular flexibility index (Phi) is 4.94. The quantitative estimate of drug-likeness (QED) is 0.522. The third kappa shape index (κ3) is 3.87. The van der Waals surface area contributed by atoms with Gasteiger partial charge in [-0.3, -0.25) is 14.9 Å². The Bertz CT molecular complexity index is 955. The maximum atomic E-state index is 12.7. The Balaban J connectivity index is 1.89. The number of rotatable bonds is 5. The minimum absolute atomic E-state index is 0.139. The number of ether oxygens (including phenoxy) is 1. The third-order valence-corrected chi connectivity index (χ3v) is 3.70. The van der Waals surface area contributed by atoms with E-state index in [-0.39, 0.29) is 16.9 Å². The van der Waals surface area contributed by atoms with Crippen molar-refractivity contribution < 1.29 is 14.5 Å². The molecule has 3 rings (SSSR count). The molecule has 0 heterocycles. The second kappa shape index (κ2) is 7.48. The molecule has 0 spiro atoms. The van der Waals surface area contributed by atoms with Gasteiger partial charge in [-0.15, -0.1) is 0 Å². The van der Waals surface area contributed by atoms with Crippen LogP contribution in [0.25, 0.3) is 0 Å². The SMILES string of the molecule is Cc1ccc(NC(=O)c2ccccc2Oc2ccccc2)c([N+](=O)[O-])c1. The zero-order valence-corrected chi connectivity index (χ0v) is 14.0. The van der Waals surface area contributed by atoms with Crippen LogP contribution in [0, 0.1) is 17.0 Å². The molecular formula is C20H16N2O4. The first-order chi connectivity index (χ1) is 12.5. The number of hydrogen-bond acceptors (Lipinski definition) is 4. The number of nitro groups is 1. The van der Waals surface area contributed by atoms with Crippen molar-refractivity contribution in [3.63, 3.8) is 0 Å². The number of hydrogen-bond donors (Lipinski definition) is 1. The Labute approximate surface area is 150 Å². The molecule has 0 aromatic heterocycles. The number of nitrogens with one attached hydrogen (secondary N) is 1. The van der Waals surface area contributed by atoms with Crippen LogP contribution in [0.1, 0.15) is 15.9 Å². The number of anilines is 1. The van der Waals surface area contributed by atoms with Crippen molar-refractivity contribution >= 4 is 17.3 Å². The van der Waals surface area contributed by atoms with E-state index in [0.717, 1.165) is 5.56 Å². The van der Waals surface area contributed by atoms with Gasteiger partial charge in [-0.05, 0) is 42.8 Å². The van der Waals surface area contributed by atoms with Gasteiger partial charge >= 0.3 is 0 Å². The summed E-state index contributed by atoms with van der Waals surface area (Å²) in [5, 5.41) is 13.8. The average Bonchev–Trinajstić information content (AvgIpc) is 2.64. The van der Waals surface area contributed by atoms with E-state index in [1.807, 2.05) is 18.2 Å². The van der Waals surface area contributed by atoms with Crippen molar-refractivity contribution in [3.8, 4) is 11.5 Å².